The van der Waals surface area contributed by atoms with E-state index in [0.717, 1.165) is 17.9 Å². The SMILES string of the molecule is CC(c1ccc(S(C)(=O)=O)cc1)N(C)CC(=O)Nc1ccccc1C(F)(F)F. The molecule has 1 atom stereocenters. The molecule has 0 heterocycles. The third-order valence-electron chi connectivity index (χ3n) is 4.35. The number of sulfone groups is 1. The number of anilines is 1. The van der Waals surface area contributed by atoms with Crippen molar-refractivity contribution < 1.29 is 26.4 Å². The van der Waals surface area contributed by atoms with E-state index in [-0.39, 0.29) is 23.2 Å². The monoisotopic (exact) mass is 414 g/mol. The normalized spacial score (nSPS) is 13.4. The van der Waals surface area contributed by atoms with Gasteiger partial charge in [-0.2, -0.15) is 13.2 Å². The number of likely N-dealkylation sites (N-methyl/N-ethyl adjacent to an activating group) is 1. The van der Waals surface area contributed by atoms with Crippen LogP contribution in [0.25, 0.3) is 0 Å². The van der Waals surface area contributed by atoms with Crippen molar-refractivity contribution in [3.05, 3.63) is 59.7 Å². The second kappa shape index (κ2) is 8.32. The predicted octanol–water partition coefficient (Wildman–Crippen LogP) is 3.74. The van der Waals surface area contributed by atoms with Crippen LogP contribution in [0.2, 0.25) is 0 Å². The number of benzene rings is 2. The number of hydrogen-bond donors (Lipinski definition) is 1. The van der Waals surface area contributed by atoms with Crippen molar-refractivity contribution in [1.29, 1.82) is 0 Å². The minimum Gasteiger partial charge on any atom is -0.324 e. The number of alkyl halides is 3. The predicted molar refractivity (Wildman–Crippen MR) is 101 cm³/mol. The van der Waals surface area contributed by atoms with Crippen LogP contribution in [0.5, 0.6) is 0 Å². The fourth-order valence-electron chi connectivity index (χ4n) is 2.64. The number of amides is 1. The van der Waals surface area contributed by atoms with Crippen LogP contribution in [0.15, 0.2) is 53.4 Å². The van der Waals surface area contributed by atoms with Crippen molar-refractivity contribution in [1.82, 2.24) is 4.90 Å². The van der Waals surface area contributed by atoms with Crippen molar-refractivity contribution in [3.8, 4) is 0 Å². The molecule has 0 saturated heterocycles. The summed E-state index contributed by atoms with van der Waals surface area (Å²) in [6.45, 7) is 1.67. The van der Waals surface area contributed by atoms with Gasteiger partial charge in [-0.05, 0) is 43.8 Å². The van der Waals surface area contributed by atoms with Crippen LogP contribution in [0.1, 0.15) is 24.1 Å². The summed E-state index contributed by atoms with van der Waals surface area (Å²) >= 11 is 0. The van der Waals surface area contributed by atoms with Gasteiger partial charge in [0.25, 0.3) is 0 Å². The lowest BCUT2D eigenvalue weighted by Crippen LogP contribution is -2.32. The molecule has 1 amide bonds. The van der Waals surface area contributed by atoms with E-state index in [1.165, 1.54) is 30.3 Å². The first kappa shape index (κ1) is 21.9. The zero-order valence-electron chi connectivity index (χ0n) is 15.6. The molecule has 2 rings (SSSR count). The molecule has 1 N–H and O–H groups in total. The summed E-state index contributed by atoms with van der Waals surface area (Å²) in [5.41, 5.74) is -0.424. The molecule has 28 heavy (non-hydrogen) atoms. The Morgan fingerprint density at radius 2 is 1.68 bits per heavy atom. The van der Waals surface area contributed by atoms with Gasteiger partial charge in [-0.25, -0.2) is 8.42 Å². The number of halogens is 3. The van der Waals surface area contributed by atoms with Crippen molar-refractivity contribution in [2.75, 3.05) is 25.2 Å². The fourth-order valence-corrected chi connectivity index (χ4v) is 3.27. The van der Waals surface area contributed by atoms with E-state index in [0.29, 0.717) is 0 Å². The number of nitrogens with zero attached hydrogens (tertiary/aromatic N) is 1. The Morgan fingerprint density at radius 1 is 1.11 bits per heavy atom. The lowest BCUT2D eigenvalue weighted by molar-refractivity contribution is -0.137. The largest absolute Gasteiger partial charge is 0.418 e. The summed E-state index contributed by atoms with van der Waals surface area (Å²) in [6, 6.07) is 10.8. The molecule has 0 radical (unpaired) electrons. The van der Waals surface area contributed by atoms with E-state index in [2.05, 4.69) is 5.32 Å². The smallest absolute Gasteiger partial charge is 0.324 e. The minimum absolute atomic E-state index is 0.138. The van der Waals surface area contributed by atoms with Gasteiger partial charge in [0, 0.05) is 12.3 Å². The van der Waals surface area contributed by atoms with E-state index < -0.39 is 27.5 Å². The first-order valence-corrected chi connectivity index (χ1v) is 10.2. The quantitative estimate of drug-likeness (QED) is 0.782. The fraction of sp³-hybridized carbons (Fsp3) is 0.316. The summed E-state index contributed by atoms with van der Waals surface area (Å²) < 4.78 is 62.1. The molecule has 0 aliphatic heterocycles. The Kier molecular flexibility index (Phi) is 6.51. The second-order valence-corrected chi connectivity index (χ2v) is 8.54. The molecule has 0 fully saturated rings. The van der Waals surface area contributed by atoms with Crippen molar-refractivity contribution in [3.63, 3.8) is 0 Å². The highest BCUT2D eigenvalue weighted by Crippen LogP contribution is 2.34. The summed E-state index contributed by atoms with van der Waals surface area (Å²) in [7, 11) is -1.65. The van der Waals surface area contributed by atoms with Gasteiger partial charge in [0.1, 0.15) is 0 Å². The lowest BCUT2D eigenvalue weighted by atomic mass is 10.1. The Morgan fingerprint density at radius 3 is 2.21 bits per heavy atom. The number of hydrogen-bond acceptors (Lipinski definition) is 4. The second-order valence-electron chi connectivity index (χ2n) is 6.52. The average Bonchev–Trinajstić information content (AvgIpc) is 2.59. The van der Waals surface area contributed by atoms with Gasteiger partial charge < -0.3 is 5.32 Å². The zero-order valence-corrected chi connectivity index (χ0v) is 16.4. The highest BCUT2D eigenvalue weighted by molar-refractivity contribution is 7.90. The summed E-state index contributed by atoms with van der Waals surface area (Å²) in [5.74, 6) is -0.584. The highest BCUT2D eigenvalue weighted by atomic mass is 32.2. The number of carbonyl (C=O) groups is 1. The lowest BCUT2D eigenvalue weighted by Gasteiger charge is -2.25. The maximum absolute atomic E-state index is 13.0. The van der Waals surface area contributed by atoms with Crippen LogP contribution in [0.4, 0.5) is 18.9 Å². The van der Waals surface area contributed by atoms with E-state index in [4.69, 9.17) is 0 Å². The Labute approximate surface area is 162 Å². The molecule has 152 valence electrons. The van der Waals surface area contributed by atoms with Crippen LogP contribution in [-0.2, 0) is 20.8 Å². The highest BCUT2D eigenvalue weighted by Gasteiger charge is 2.33. The molecular weight excluding hydrogens is 393 g/mol. The van der Waals surface area contributed by atoms with Crippen LogP contribution in [-0.4, -0.2) is 39.1 Å². The molecule has 5 nitrogen and oxygen atoms in total. The van der Waals surface area contributed by atoms with E-state index in [9.17, 15) is 26.4 Å². The molecule has 0 aliphatic rings. The van der Waals surface area contributed by atoms with Gasteiger partial charge in [-0.3, -0.25) is 9.69 Å². The molecule has 0 aliphatic carbocycles. The average molecular weight is 414 g/mol. The molecule has 0 spiro atoms. The van der Waals surface area contributed by atoms with Crippen molar-refractivity contribution >= 4 is 21.4 Å². The number of para-hydroxylation sites is 1. The van der Waals surface area contributed by atoms with Crippen LogP contribution in [0.3, 0.4) is 0 Å². The third kappa shape index (κ3) is 5.56. The number of rotatable bonds is 6. The van der Waals surface area contributed by atoms with Crippen LogP contribution < -0.4 is 5.32 Å². The van der Waals surface area contributed by atoms with Crippen LogP contribution >= 0.6 is 0 Å². The van der Waals surface area contributed by atoms with Gasteiger partial charge in [-0.15, -0.1) is 0 Å². The standard InChI is InChI=1S/C19H21F3N2O3S/c1-13(14-8-10-15(11-9-14)28(3,26)27)24(2)12-18(25)23-17-7-5-4-6-16(17)19(20,21)22/h4-11,13H,12H2,1-3H3,(H,23,25). The maximum Gasteiger partial charge on any atom is 0.418 e. The van der Waals surface area contributed by atoms with Crippen molar-refractivity contribution in [2.24, 2.45) is 0 Å². The Bertz CT molecular complexity index is 942. The topological polar surface area (TPSA) is 66.5 Å². The summed E-state index contributed by atoms with van der Waals surface area (Å²) in [6.07, 6.45) is -3.45. The molecule has 2 aromatic rings. The van der Waals surface area contributed by atoms with Gasteiger partial charge in [0.05, 0.1) is 22.7 Å². The maximum atomic E-state index is 13.0. The molecule has 0 bridgehead atoms. The van der Waals surface area contributed by atoms with E-state index in [1.807, 2.05) is 6.92 Å². The van der Waals surface area contributed by atoms with Gasteiger partial charge in [0.2, 0.25) is 5.91 Å². The molecular formula is C19H21F3N2O3S. The van der Waals surface area contributed by atoms with Gasteiger partial charge in [0.15, 0.2) is 9.84 Å². The van der Waals surface area contributed by atoms with Crippen molar-refractivity contribution in [2.45, 2.75) is 24.0 Å². The Balaban J connectivity index is 2.06. The number of carbonyl (C=O) groups excluding carboxylic acids is 1. The first-order chi connectivity index (χ1) is 12.9. The molecule has 1 unspecified atom stereocenters. The van der Waals surface area contributed by atoms with Gasteiger partial charge >= 0.3 is 6.18 Å². The van der Waals surface area contributed by atoms with Crippen LogP contribution in [0, 0.1) is 0 Å². The van der Waals surface area contributed by atoms with E-state index >= 15 is 0 Å². The van der Waals surface area contributed by atoms with E-state index in [1.54, 1.807) is 24.1 Å². The number of nitrogens with one attached hydrogen (secondary N) is 1. The molecule has 0 aromatic heterocycles. The zero-order chi connectivity index (χ0) is 21.1. The summed E-state index contributed by atoms with van der Waals surface area (Å²) in [4.78, 5) is 14.1. The first-order valence-electron chi connectivity index (χ1n) is 8.36. The minimum atomic E-state index is -4.57. The molecule has 2 aromatic carbocycles. The third-order valence-corrected chi connectivity index (χ3v) is 5.48. The van der Waals surface area contributed by atoms with Gasteiger partial charge in [-0.1, -0.05) is 24.3 Å². The molecule has 9 heteroatoms. The Hall–Kier alpha value is -2.39. The summed E-state index contributed by atoms with van der Waals surface area (Å²) in [5, 5.41) is 2.30. The molecule has 0 saturated carbocycles.